The van der Waals surface area contributed by atoms with Gasteiger partial charge >= 0.3 is 12.5 Å². The van der Waals surface area contributed by atoms with Crippen molar-refractivity contribution in [2.45, 2.75) is 32.2 Å². The lowest BCUT2D eigenvalue weighted by molar-refractivity contribution is -0.276. The molecule has 0 radical (unpaired) electrons. The minimum absolute atomic E-state index is 0.0735. The van der Waals surface area contributed by atoms with E-state index in [4.69, 9.17) is 11.6 Å². The average molecular weight is 761 g/mol. The lowest BCUT2D eigenvalue weighted by atomic mass is 9.98. The van der Waals surface area contributed by atoms with Crippen LogP contribution in [0.4, 0.5) is 52.7 Å². The van der Waals surface area contributed by atoms with E-state index in [2.05, 4.69) is 9.47 Å². The fourth-order valence-corrected chi connectivity index (χ4v) is 5.61. The molecule has 0 saturated carbocycles. The first-order chi connectivity index (χ1) is 24.4. The van der Waals surface area contributed by atoms with Gasteiger partial charge in [-0.25, -0.2) is 30.7 Å². The third-order valence-corrected chi connectivity index (χ3v) is 7.85. The van der Waals surface area contributed by atoms with Gasteiger partial charge in [-0.05, 0) is 84.0 Å². The van der Waals surface area contributed by atoms with Crippen LogP contribution in [-0.2, 0) is 12.5 Å². The summed E-state index contributed by atoms with van der Waals surface area (Å²) in [6, 6.07) is 9.97. The van der Waals surface area contributed by atoms with Crippen molar-refractivity contribution in [1.29, 1.82) is 0 Å². The molecule has 0 bridgehead atoms. The Hall–Kier alpha value is -5.11. The summed E-state index contributed by atoms with van der Waals surface area (Å²) >= 11 is 6.03. The van der Waals surface area contributed by atoms with E-state index >= 15 is 22.0 Å². The normalized spacial score (nSPS) is 12.1. The Labute approximate surface area is 292 Å². The van der Waals surface area contributed by atoms with Gasteiger partial charge in [-0.1, -0.05) is 48.0 Å². The third kappa shape index (κ3) is 8.33. The highest BCUT2D eigenvalue weighted by molar-refractivity contribution is 6.33. The molecule has 0 saturated heterocycles. The van der Waals surface area contributed by atoms with E-state index in [9.17, 15) is 30.7 Å². The van der Waals surface area contributed by atoms with E-state index in [-0.39, 0.29) is 29.8 Å². The van der Waals surface area contributed by atoms with Crippen molar-refractivity contribution in [3.05, 3.63) is 142 Å². The molecule has 0 spiro atoms. The Morgan fingerprint density at radius 1 is 0.577 bits per heavy atom. The molecule has 0 amide bonds. The molecule has 5 aromatic rings. The van der Waals surface area contributed by atoms with Crippen LogP contribution in [0.2, 0.25) is 5.02 Å². The lowest BCUT2D eigenvalue weighted by Gasteiger charge is -2.21. The first-order valence-electron chi connectivity index (χ1n) is 14.9. The quantitative estimate of drug-likeness (QED) is 0.104. The van der Waals surface area contributed by atoms with Crippen molar-refractivity contribution < 1.29 is 62.2 Å². The van der Waals surface area contributed by atoms with E-state index < -0.39 is 97.5 Å². The van der Waals surface area contributed by atoms with Gasteiger partial charge < -0.3 is 9.47 Å². The predicted octanol–water partition coefficient (Wildman–Crippen LogP) is 12.9. The Morgan fingerprint density at radius 2 is 1.08 bits per heavy atom. The van der Waals surface area contributed by atoms with Crippen LogP contribution in [0.1, 0.15) is 24.5 Å². The molecule has 0 unspecified atom stereocenters. The van der Waals surface area contributed by atoms with Crippen LogP contribution in [0.15, 0.2) is 84.9 Å². The topological polar surface area (TPSA) is 18.5 Å². The monoisotopic (exact) mass is 760 g/mol. The van der Waals surface area contributed by atoms with Gasteiger partial charge in [0.05, 0.1) is 10.6 Å². The maximum atomic E-state index is 15.2. The average Bonchev–Trinajstić information content (AvgIpc) is 3.01. The number of hydrogen-bond acceptors (Lipinski definition) is 2. The van der Waals surface area contributed by atoms with Crippen LogP contribution in [0.3, 0.4) is 0 Å². The number of allylic oxidation sites excluding steroid dienone is 2. The molecule has 0 aliphatic carbocycles. The molecule has 0 N–H and O–H groups in total. The van der Waals surface area contributed by atoms with Crippen LogP contribution < -0.4 is 9.47 Å². The number of halogens is 13. The molecular weight excluding hydrogens is 740 g/mol. The molecule has 0 fully saturated rings. The number of alkyl halides is 5. The highest BCUT2D eigenvalue weighted by Gasteiger charge is 2.42. The molecule has 0 aliphatic rings. The molecular formula is C37H21ClF12O2. The molecule has 0 aromatic heterocycles. The van der Waals surface area contributed by atoms with Gasteiger partial charge in [-0.3, -0.25) is 0 Å². The van der Waals surface area contributed by atoms with Crippen LogP contribution in [0.25, 0.3) is 33.4 Å². The molecule has 272 valence electrons. The molecule has 0 aliphatic heterocycles. The Bertz CT molecular complexity index is 2070. The maximum Gasteiger partial charge on any atom is 0.573 e. The minimum Gasteiger partial charge on any atom is -0.429 e. The van der Waals surface area contributed by atoms with Crippen molar-refractivity contribution in [3.63, 3.8) is 0 Å². The first-order valence-corrected chi connectivity index (χ1v) is 15.3. The molecule has 5 aromatic carbocycles. The second kappa shape index (κ2) is 14.9. The minimum atomic E-state index is -5.46. The van der Waals surface area contributed by atoms with E-state index in [1.54, 1.807) is 24.3 Å². The predicted molar refractivity (Wildman–Crippen MR) is 168 cm³/mol. The van der Waals surface area contributed by atoms with Crippen molar-refractivity contribution in [2.75, 3.05) is 0 Å². The van der Waals surface area contributed by atoms with Gasteiger partial charge in [-0.15, -0.1) is 13.2 Å². The van der Waals surface area contributed by atoms with E-state index in [0.717, 1.165) is 18.1 Å². The molecule has 2 nitrogen and oxygen atoms in total. The summed E-state index contributed by atoms with van der Waals surface area (Å²) in [5.74, 6) is -15.0. The van der Waals surface area contributed by atoms with Gasteiger partial charge in [0.1, 0.15) is 40.4 Å². The van der Waals surface area contributed by atoms with Crippen LogP contribution in [0.5, 0.6) is 11.5 Å². The fourth-order valence-electron chi connectivity index (χ4n) is 5.29. The van der Waals surface area contributed by atoms with Gasteiger partial charge in [0, 0.05) is 17.7 Å². The Balaban J connectivity index is 1.40. The van der Waals surface area contributed by atoms with Crippen LogP contribution >= 0.6 is 11.6 Å². The van der Waals surface area contributed by atoms with Crippen molar-refractivity contribution in [1.82, 2.24) is 0 Å². The highest BCUT2D eigenvalue weighted by Crippen LogP contribution is 2.42. The summed E-state index contributed by atoms with van der Waals surface area (Å²) in [6.07, 6.45) is -4.96. The maximum absolute atomic E-state index is 15.2. The summed E-state index contributed by atoms with van der Waals surface area (Å²) < 4.78 is 179. The molecule has 15 heteroatoms. The zero-order valence-electron chi connectivity index (χ0n) is 26.2. The zero-order chi connectivity index (χ0) is 38.1. The van der Waals surface area contributed by atoms with E-state index in [1.165, 1.54) is 0 Å². The Morgan fingerprint density at radius 3 is 1.60 bits per heavy atom. The second-order valence-corrected chi connectivity index (χ2v) is 11.5. The summed E-state index contributed by atoms with van der Waals surface area (Å²) in [7, 11) is 0. The number of ether oxygens (including phenoxy) is 2. The molecule has 52 heavy (non-hydrogen) atoms. The van der Waals surface area contributed by atoms with Crippen LogP contribution in [-0.4, -0.2) is 6.36 Å². The summed E-state index contributed by atoms with van der Waals surface area (Å²) in [5.41, 5.74) is -3.88. The lowest BCUT2D eigenvalue weighted by Crippen LogP contribution is -2.25. The standard InChI is InChI=1S/C37H21ClF12O2/c1-2-3-4-5-18-6-8-19(9-7-18)20-11-28(42)34(29(43)12-20)36(46,47)51-23-16-26(40)33(27(41)17-23)21-10-24(38)32(25(39)13-21)22-14-30(44)35(31(45)15-22)52-37(48,49)50/h2-3,6-17H,4-5H2,1H3/b3-2+. The van der Waals surface area contributed by atoms with Crippen molar-refractivity contribution in [2.24, 2.45) is 0 Å². The van der Waals surface area contributed by atoms with E-state index in [1.807, 2.05) is 19.1 Å². The molecule has 5 rings (SSSR count). The van der Waals surface area contributed by atoms with Gasteiger partial charge in [0.15, 0.2) is 11.6 Å². The largest absolute Gasteiger partial charge is 0.573 e. The molecule has 0 atom stereocenters. The number of benzene rings is 5. The highest BCUT2D eigenvalue weighted by atomic mass is 35.5. The smallest absolute Gasteiger partial charge is 0.429 e. The zero-order valence-corrected chi connectivity index (χ0v) is 27.0. The van der Waals surface area contributed by atoms with Gasteiger partial charge in [-0.2, -0.15) is 8.78 Å². The van der Waals surface area contributed by atoms with Gasteiger partial charge in [0.2, 0.25) is 5.75 Å². The fraction of sp³-hybridized carbons (Fsp3) is 0.135. The van der Waals surface area contributed by atoms with Crippen molar-refractivity contribution in [3.8, 4) is 44.9 Å². The van der Waals surface area contributed by atoms with E-state index in [0.29, 0.717) is 30.2 Å². The first kappa shape index (κ1) is 38.1. The SMILES string of the molecule is C/C=C/CCc1ccc(-c2cc(F)c(C(F)(F)Oc3cc(F)c(-c4cc(F)c(-c5cc(F)c(OC(F)(F)F)c(F)c5)c(Cl)c4)c(F)c3)c(F)c2)cc1. The van der Waals surface area contributed by atoms with Crippen LogP contribution in [0, 0.1) is 40.7 Å². The number of rotatable bonds is 10. The summed E-state index contributed by atoms with van der Waals surface area (Å²) in [6.45, 7) is 1.87. The number of hydrogen-bond donors (Lipinski definition) is 0. The van der Waals surface area contributed by atoms with Gasteiger partial charge in [0.25, 0.3) is 0 Å². The Kier molecular flexibility index (Phi) is 10.9. The number of aryl methyl sites for hydroxylation is 1. The third-order valence-electron chi connectivity index (χ3n) is 7.55. The van der Waals surface area contributed by atoms with Crippen molar-refractivity contribution >= 4 is 11.6 Å². The summed E-state index contributed by atoms with van der Waals surface area (Å²) in [5, 5.41) is -0.723. The second-order valence-electron chi connectivity index (χ2n) is 11.1. The molecule has 0 heterocycles. The summed E-state index contributed by atoms with van der Waals surface area (Å²) in [4.78, 5) is 0.